The lowest BCUT2D eigenvalue weighted by molar-refractivity contribution is -0.137. The lowest BCUT2D eigenvalue weighted by Crippen LogP contribution is -2.05. The minimum absolute atomic E-state index is 0.0157. The summed E-state index contributed by atoms with van der Waals surface area (Å²) >= 11 is 0. The summed E-state index contributed by atoms with van der Waals surface area (Å²) in [6.45, 7) is 1.66. The maximum atomic E-state index is 11.0. The van der Waals surface area contributed by atoms with Gasteiger partial charge in [-0.1, -0.05) is 12.1 Å². The number of benzene rings is 2. The summed E-state index contributed by atoms with van der Waals surface area (Å²) in [7, 11) is 0. The Kier molecular flexibility index (Phi) is 3.93. The molecule has 26 heavy (non-hydrogen) atoms. The van der Waals surface area contributed by atoms with Crippen LogP contribution >= 0.6 is 0 Å². The molecule has 7 nitrogen and oxygen atoms in total. The van der Waals surface area contributed by atoms with Crippen molar-refractivity contribution in [3.8, 4) is 5.69 Å². The molecule has 2 heterocycles. The van der Waals surface area contributed by atoms with Crippen LogP contribution in [0.15, 0.2) is 42.5 Å². The van der Waals surface area contributed by atoms with Crippen molar-refractivity contribution in [1.29, 1.82) is 0 Å². The Morgan fingerprint density at radius 3 is 2.77 bits per heavy atom. The number of aromatic nitrogens is 4. The van der Waals surface area contributed by atoms with Gasteiger partial charge in [0, 0.05) is 12.1 Å². The molecule has 4 rings (SSSR count). The Bertz CT molecular complexity index is 1110. The average Bonchev–Trinajstić information content (AvgIpc) is 3.20. The maximum Gasteiger partial charge on any atom is 0.303 e. The Balaban J connectivity index is 1.87. The minimum atomic E-state index is -0.853. The summed E-state index contributed by atoms with van der Waals surface area (Å²) in [5, 5.41) is 18.8. The number of nitrogens with one attached hydrogen (secondary N) is 1. The van der Waals surface area contributed by atoms with E-state index in [1.165, 1.54) is 0 Å². The molecule has 0 radical (unpaired) electrons. The standard InChI is InChI=1S/C19H18N4O3/c1-11(24)19-21-13-7-6-12(10-15(13)22-19)23-16-5-3-2-4-14(16)20-17(23)8-9-18(25)26/h2-7,10-11,24H,8-9H2,1H3,(H,21,22)(H,25,26). The quantitative estimate of drug-likeness (QED) is 0.513. The van der Waals surface area contributed by atoms with Crippen molar-refractivity contribution in [2.24, 2.45) is 0 Å². The van der Waals surface area contributed by atoms with Crippen LogP contribution in [0.1, 0.15) is 31.1 Å². The molecule has 0 bridgehead atoms. The van der Waals surface area contributed by atoms with Crippen molar-refractivity contribution in [1.82, 2.24) is 19.5 Å². The molecule has 0 amide bonds. The summed E-state index contributed by atoms with van der Waals surface area (Å²) in [5.74, 6) is 0.358. The van der Waals surface area contributed by atoms with E-state index in [1.54, 1.807) is 6.92 Å². The number of carboxylic acid groups (broad SMARTS) is 1. The number of aliphatic hydroxyl groups is 1. The molecule has 7 heteroatoms. The third kappa shape index (κ3) is 2.82. The van der Waals surface area contributed by atoms with Crippen molar-refractivity contribution in [2.45, 2.75) is 25.9 Å². The first-order valence-electron chi connectivity index (χ1n) is 8.39. The molecule has 132 valence electrons. The van der Waals surface area contributed by atoms with E-state index in [2.05, 4.69) is 15.0 Å². The number of hydrogen-bond donors (Lipinski definition) is 3. The van der Waals surface area contributed by atoms with Crippen LogP contribution in [0, 0.1) is 0 Å². The fourth-order valence-electron chi connectivity index (χ4n) is 3.10. The Morgan fingerprint density at radius 2 is 2.00 bits per heavy atom. The molecule has 2 aromatic heterocycles. The van der Waals surface area contributed by atoms with E-state index in [0.29, 0.717) is 18.1 Å². The van der Waals surface area contributed by atoms with Crippen molar-refractivity contribution < 1.29 is 15.0 Å². The molecule has 0 spiro atoms. The number of hydrogen-bond acceptors (Lipinski definition) is 4. The second kappa shape index (κ2) is 6.27. The second-order valence-electron chi connectivity index (χ2n) is 6.25. The number of aliphatic carboxylic acids is 1. The monoisotopic (exact) mass is 350 g/mol. The summed E-state index contributed by atoms with van der Waals surface area (Å²) in [4.78, 5) is 23.1. The van der Waals surface area contributed by atoms with Gasteiger partial charge in [0.1, 0.15) is 17.8 Å². The molecular weight excluding hydrogens is 332 g/mol. The largest absolute Gasteiger partial charge is 0.481 e. The van der Waals surface area contributed by atoms with Gasteiger partial charge in [0.2, 0.25) is 0 Å². The Labute approximate surface area is 148 Å². The van der Waals surface area contributed by atoms with Gasteiger partial charge in [-0.2, -0.15) is 0 Å². The Hall–Kier alpha value is -3.19. The molecule has 0 aliphatic rings. The number of aryl methyl sites for hydroxylation is 1. The first-order chi connectivity index (χ1) is 12.5. The lowest BCUT2D eigenvalue weighted by atomic mass is 10.2. The Morgan fingerprint density at radius 1 is 1.19 bits per heavy atom. The molecule has 0 saturated carbocycles. The molecule has 0 aliphatic carbocycles. The zero-order chi connectivity index (χ0) is 18.3. The van der Waals surface area contributed by atoms with E-state index in [4.69, 9.17) is 5.11 Å². The van der Waals surface area contributed by atoms with Crippen LogP contribution < -0.4 is 0 Å². The number of rotatable bonds is 5. The zero-order valence-corrected chi connectivity index (χ0v) is 14.2. The van der Waals surface area contributed by atoms with E-state index in [-0.39, 0.29) is 6.42 Å². The van der Waals surface area contributed by atoms with Gasteiger partial charge < -0.3 is 15.2 Å². The fourth-order valence-corrected chi connectivity index (χ4v) is 3.10. The third-order valence-corrected chi connectivity index (χ3v) is 4.33. The number of fused-ring (bicyclic) bond motifs is 2. The SMILES string of the molecule is CC(O)c1nc2ccc(-n3c(CCC(=O)O)nc4ccccc43)cc2[nH]1. The van der Waals surface area contributed by atoms with Crippen LogP contribution in [0.5, 0.6) is 0 Å². The predicted octanol–water partition coefficient (Wildman–Crippen LogP) is 2.97. The van der Waals surface area contributed by atoms with E-state index >= 15 is 0 Å². The molecule has 0 aliphatic heterocycles. The summed E-state index contributed by atoms with van der Waals surface area (Å²) in [6.07, 6.45) is -0.322. The van der Waals surface area contributed by atoms with Gasteiger partial charge in [0.05, 0.1) is 28.5 Å². The van der Waals surface area contributed by atoms with E-state index < -0.39 is 12.1 Å². The van der Waals surface area contributed by atoms with Gasteiger partial charge in [0.15, 0.2) is 0 Å². The number of carbonyl (C=O) groups is 1. The van der Waals surface area contributed by atoms with Crippen molar-refractivity contribution >= 4 is 28.0 Å². The first-order valence-corrected chi connectivity index (χ1v) is 8.39. The van der Waals surface area contributed by atoms with E-state index in [0.717, 1.165) is 27.8 Å². The number of carboxylic acids is 1. The smallest absolute Gasteiger partial charge is 0.303 e. The molecule has 0 fully saturated rings. The maximum absolute atomic E-state index is 11.0. The number of aliphatic hydroxyl groups excluding tert-OH is 1. The third-order valence-electron chi connectivity index (χ3n) is 4.33. The van der Waals surface area contributed by atoms with Crippen molar-refractivity contribution in [3.05, 3.63) is 54.1 Å². The van der Waals surface area contributed by atoms with Gasteiger partial charge in [-0.25, -0.2) is 9.97 Å². The van der Waals surface area contributed by atoms with E-state index in [1.807, 2.05) is 47.0 Å². The van der Waals surface area contributed by atoms with Gasteiger partial charge in [-0.15, -0.1) is 0 Å². The molecule has 4 aromatic rings. The number of nitrogens with zero attached hydrogens (tertiary/aromatic N) is 3. The lowest BCUT2D eigenvalue weighted by Gasteiger charge is -2.09. The second-order valence-corrected chi connectivity index (χ2v) is 6.25. The van der Waals surface area contributed by atoms with Gasteiger partial charge in [-0.3, -0.25) is 9.36 Å². The van der Waals surface area contributed by atoms with Crippen LogP contribution in [0.3, 0.4) is 0 Å². The predicted molar refractivity (Wildman–Crippen MR) is 97.3 cm³/mol. The van der Waals surface area contributed by atoms with Crippen LogP contribution in [0.4, 0.5) is 0 Å². The summed E-state index contributed by atoms with van der Waals surface area (Å²) in [6, 6.07) is 13.5. The first kappa shape index (κ1) is 16.3. The highest BCUT2D eigenvalue weighted by atomic mass is 16.4. The molecule has 1 atom stereocenters. The summed E-state index contributed by atoms with van der Waals surface area (Å²) in [5.41, 5.74) is 4.18. The fraction of sp³-hybridized carbons (Fsp3) is 0.211. The van der Waals surface area contributed by atoms with Crippen LogP contribution in [-0.4, -0.2) is 35.7 Å². The average molecular weight is 350 g/mol. The number of aromatic amines is 1. The van der Waals surface area contributed by atoms with Crippen LogP contribution in [0.2, 0.25) is 0 Å². The van der Waals surface area contributed by atoms with Crippen molar-refractivity contribution in [2.75, 3.05) is 0 Å². The van der Waals surface area contributed by atoms with Crippen molar-refractivity contribution in [3.63, 3.8) is 0 Å². The highest BCUT2D eigenvalue weighted by Gasteiger charge is 2.15. The minimum Gasteiger partial charge on any atom is -0.481 e. The van der Waals surface area contributed by atoms with Gasteiger partial charge >= 0.3 is 5.97 Å². The summed E-state index contributed by atoms with van der Waals surface area (Å²) < 4.78 is 1.97. The van der Waals surface area contributed by atoms with E-state index in [9.17, 15) is 9.90 Å². The zero-order valence-electron chi connectivity index (χ0n) is 14.2. The normalized spacial score (nSPS) is 12.7. The molecule has 3 N–H and O–H groups in total. The van der Waals surface area contributed by atoms with Gasteiger partial charge in [0.25, 0.3) is 0 Å². The molecular formula is C19H18N4O3. The number of para-hydroxylation sites is 2. The molecule has 2 aromatic carbocycles. The van der Waals surface area contributed by atoms with Gasteiger partial charge in [-0.05, 0) is 37.3 Å². The molecule has 0 saturated heterocycles. The topological polar surface area (TPSA) is 104 Å². The number of imidazole rings is 2. The van der Waals surface area contributed by atoms with Crippen LogP contribution in [-0.2, 0) is 11.2 Å². The number of H-pyrrole nitrogens is 1. The highest BCUT2D eigenvalue weighted by Crippen LogP contribution is 2.25. The highest BCUT2D eigenvalue weighted by molar-refractivity contribution is 5.82. The molecule has 1 unspecified atom stereocenters. The van der Waals surface area contributed by atoms with Crippen LogP contribution in [0.25, 0.3) is 27.8 Å².